The standard InChI is InChI=1S/C14H20N2O2/c1-3-9-16(11-14(18)15-2)10-13(17)12-7-5-4-6-8-12/h4-8H,3,9-11H2,1-2H3,(H,15,18). The summed E-state index contributed by atoms with van der Waals surface area (Å²) < 4.78 is 0. The van der Waals surface area contributed by atoms with Crippen LogP contribution in [0, 0.1) is 0 Å². The van der Waals surface area contributed by atoms with Crippen LogP contribution in [0.4, 0.5) is 0 Å². The summed E-state index contributed by atoms with van der Waals surface area (Å²) in [5.74, 6) is -0.0164. The molecular weight excluding hydrogens is 228 g/mol. The summed E-state index contributed by atoms with van der Waals surface area (Å²) >= 11 is 0. The van der Waals surface area contributed by atoms with E-state index in [1.807, 2.05) is 30.0 Å². The number of hydrogen-bond acceptors (Lipinski definition) is 3. The van der Waals surface area contributed by atoms with Gasteiger partial charge in [0.05, 0.1) is 13.1 Å². The lowest BCUT2D eigenvalue weighted by molar-refractivity contribution is -0.121. The Morgan fingerprint density at radius 3 is 2.39 bits per heavy atom. The van der Waals surface area contributed by atoms with E-state index in [9.17, 15) is 9.59 Å². The summed E-state index contributed by atoms with van der Waals surface area (Å²) in [6.07, 6.45) is 0.916. The monoisotopic (exact) mass is 248 g/mol. The lowest BCUT2D eigenvalue weighted by Crippen LogP contribution is -2.39. The predicted molar refractivity (Wildman–Crippen MR) is 71.6 cm³/mol. The third-order valence-corrected chi connectivity index (χ3v) is 2.65. The van der Waals surface area contributed by atoms with Crippen molar-refractivity contribution in [3.05, 3.63) is 35.9 Å². The van der Waals surface area contributed by atoms with E-state index in [4.69, 9.17) is 0 Å². The maximum atomic E-state index is 12.0. The smallest absolute Gasteiger partial charge is 0.233 e. The largest absolute Gasteiger partial charge is 0.358 e. The zero-order valence-electron chi connectivity index (χ0n) is 11.0. The van der Waals surface area contributed by atoms with Crippen molar-refractivity contribution < 1.29 is 9.59 Å². The molecule has 1 aromatic carbocycles. The number of benzene rings is 1. The van der Waals surface area contributed by atoms with Gasteiger partial charge < -0.3 is 5.32 Å². The molecule has 1 aromatic rings. The Kier molecular flexibility index (Phi) is 6.08. The maximum Gasteiger partial charge on any atom is 0.233 e. The molecule has 1 N–H and O–H groups in total. The summed E-state index contributed by atoms with van der Waals surface area (Å²) in [4.78, 5) is 25.2. The molecule has 4 nitrogen and oxygen atoms in total. The molecule has 0 aliphatic carbocycles. The fraction of sp³-hybridized carbons (Fsp3) is 0.429. The molecule has 0 bridgehead atoms. The minimum Gasteiger partial charge on any atom is -0.358 e. The van der Waals surface area contributed by atoms with Gasteiger partial charge in [0.25, 0.3) is 0 Å². The molecule has 0 atom stereocenters. The first-order valence-corrected chi connectivity index (χ1v) is 6.18. The van der Waals surface area contributed by atoms with E-state index in [-0.39, 0.29) is 24.8 Å². The van der Waals surface area contributed by atoms with Crippen LogP contribution in [0.1, 0.15) is 23.7 Å². The van der Waals surface area contributed by atoms with Crippen molar-refractivity contribution in [2.24, 2.45) is 0 Å². The van der Waals surface area contributed by atoms with Gasteiger partial charge in [0.1, 0.15) is 0 Å². The fourth-order valence-corrected chi connectivity index (χ4v) is 1.73. The van der Waals surface area contributed by atoms with Crippen LogP contribution in [0.2, 0.25) is 0 Å². The molecular formula is C14H20N2O2. The summed E-state index contributed by atoms with van der Waals surface area (Å²) in [6.45, 7) is 3.32. The predicted octanol–water partition coefficient (Wildman–Crippen LogP) is 1.33. The van der Waals surface area contributed by atoms with Crippen molar-refractivity contribution in [2.75, 3.05) is 26.7 Å². The fourth-order valence-electron chi connectivity index (χ4n) is 1.73. The van der Waals surface area contributed by atoms with Crippen molar-refractivity contribution in [3.8, 4) is 0 Å². The molecule has 98 valence electrons. The minimum absolute atomic E-state index is 0.0490. The number of nitrogens with zero attached hydrogens (tertiary/aromatic N) is 1. The minimum atomic E-state index is -0.0655. The van der Waals surface area contributed by atoms with Gasteiger partial charge in [-0.05, 0) is 13.0 Å². The molecule has 1 amide bonds. The topological polar surface area (TPSA) is 49.4 Å². The van der Waals surface area contributed by atoms with Crippen molar-refractivity contribution in [1.29, 1.82) is 0 Å². The summed E-state index contributed by atoms with van der Waals surface area (Å²) in [5, 5.41) is 2.57. The van der Waals surface area contributed by atoms with Crippen molar-refractivity contribution >= 4 is 11.7 Å². The van der Waals surface area contributed by atoms with Crippen LogP contribution in [0.3, 0.4) is 0 Å². The molecule has 0 fully saturated rings. The SMILES string of the molecule is CCCN(CC(=O)NC)CC(=O)c1ccccc1. The van der Waals surface area contributed by atoms with Crippen LogP contribution in [0.25, 0.3) is 0 Å². The molecule has 0 unspecified atom stereocenters. The van der Waals surface area contributed by atoms with E-state index in [1.165, 1.54) is 0 Å². The number of carbonyl (C=O) groups excluding carboxylic acids is 2. The molecule has 0 saturated heterocycles. The Morgan fingerprint density at radius 1 is 1.17 bits per heavy atom. The first kappa shape index (κ1) is 14.4. The zero-order valence-corrected chi connectivity index (χ0v) is 11.0. The van der Waals surface area contributed by atoms with Crippen LogP contribution in [0.15, 0.2) is 30.3 Å². The van der Waals surface area contributed by atoms with Crippen LogP contribution < -0.4 is 5.32 Å². The highest BCUT2D eigenvalue weighted by Gasteiger charge is 2.14. The van der Waals surface area contributed by atoms with Crippen LogP contribution in [-0.2, 0) is 4.79 Å². The Morgan fingerprint density at radius 2 is 1.83 bits per heavy atom. The molecule has 1 rings (SSSR count). The van der Waals surface area contributed by atoms with Gasteiger partial charge in [-0.3, -0.25) is 14.5 Å². The van der Waals surface area contributed by atoms with Gasteiger partial charge in [-0.2, -0.15) is 0 Å². The third-order valence-electron chi connectivity index (χ3n) is 2.65. The lowest BCUT2D eigenvalue weighted by atomic mass is 10.1. The van der Waals surface area contributed by atoms with Gasteiger partial charge in [-0.1, -0.05) is 37.3 Å². The molecule has 0 radical (unpaired) electrons. The lowest BCUT2D eigenvalue weighted by Gasteiger charge is -2.19. The molecule has 4 heteroatoms. The highest BCUT2D eigenvalue weighted by atomic mass is 16.2. The molecule has 18 heavy (non-hydrogen) atoms. The highest BCUT2D eigenvalue weighted by molar-refractivity contribution is 5.97. The number of hydrogen-bond donors (Lipinski definition) is 1. The van der Waals surface area contributed by atoms with Crippen molar-refractivity contribution in [3.63, 3.8) is 0 Å². The average Bonchev–Trinajstić information content (AvgIpc) is 2.39. The van der Waals surface area contributed by atoms with E-state index in [1.54, 1.807) is 19.2 Å². The normalized spacial score (nSPS) is 10.4. The highest BCUT2D eigenvalue weighted by Crippen LogP contribution is 2.02. The van der Waals surface area contributed by atoms with E-state index in [2.05, 4.69) is 5.32 Å². The second-order valence-corrected chi connectivity index (χ2v) is 4.17. The summed E-state index contributed by atoms with van der Waals surface area (Å²) in [5.41, 5.74) is 0.690. The average molecular weight is 248 g/mol. The Hall–Kier alpha value is -1.68. The number of Topliss-reactive ketones (excluding diaryl/α,β-unsaturated/α-hetero) is 1. The van der Waals surface area contributed by atoms with Crippen molar-refractivity contribution in [2.45, 2.75) is 13.3 Å². The molecule has 0 aliphatic heterocycles. The summed E-state index contributed by atoms with van der Waals surface area (Å²) in [7, 11) is 1.60. The Labute approximate surface area is 108 Å². The number of likely N-dealkylation sites (N-methyl/N-ethyl adjacent to an activating group) is 1. The van der Waals surface area contributed by atoms with Gasteiger partial charge >= 0.3 is 0 Å². The molecule has 0 aromatic heterocycles. The van der Waals surface area contributed by atoms with E-state index < -0.39 is 0 Å². The van der Waals surface area contributed by atoms with Crippen LogP contribution >= 0.6 is 0 Å². The summed E-state index contributed by atoms with van der Waals surface area (Å²) in [6, 6.07) is 9.16. The second-order valence-electron chi connectivity index (χ2n) is 4.17. The number of ketones is 1. The van der Waals surface area contributed by atoms with Crippen molar-refractivity contribution in [1.82, 2.24) is 10.2 Å². The van der Waals surface area contributed by atoms with E-state index in [0.717, 1.165) is 13.0 Å². The molecule has 0 saturated carbocycles. The first-order valence-electron chi connectivity index (χ1n) is 6.18. The van der Waals surface area contributed by atoms with Gasteiger partial charge in [-0.15, -0.1) is 0 Å². The van der Waals surface area contributed by atoms with Gasteiger partial charge in [0.15, 0.2) is 5.78 Å². The number of carbonyl (C=O) groups is 2. The molecule has 0 heterocycles. The molecule has 0 aliphatic rings. The Bertz CT molecular complexity index is 390. The number of rotatable bonds is 7. The maximum absolute atomic E-state index is 12.0. The van der Waals surface area contributed by atoms with E-state index >= 15 is 0 Å². The number of nitrogens with one attached hydrogen (secondary N) is 1. The third kappa shape index (κ3) is 4.67. The van der Waals surface area contributed by atoms with Gasteiger partial charge in [0.2, 0.25) is 5.91 Å². The second kappa shape index (κ2) is 7.61. The number of amides is 1. The Balaban J connectivity index is 2.60. The van der Waals surface area contributed by atoms with Gasteiger partial charge in [0, 0.05) is 12.6 Å². The van der Waals surface area contributed by atoms with E-state index in [0.29, 0.717) is 5.56 Å². The van der Waals surface area contributed by atoms with Gasteiger partial charge in [-0.25, -0.2) is 0 Å². The zero-order chi connectivity index (χ0) is 13.4. The molecule has 0 spiro atoms. The first-order chi connectivity index (χ1) is 8.67. The van der Waals surface area contributed by atoms with Crippen LogP contribution in [0.5, 0.6) is 0 Å². The van der Waals surface area contributed by atoms with Crippen LogP contribution in [-0.4, -0.2) is 43.3 Å². The quantitative estimate of drug-likeness (QED) is 0.741.